The second kappa shape index (κ2) is 8.87. The van der Waals surface area contributed by atoms with Gasteiger partial charge >= 0.3 is 6.18 Å². The van der Waals surface area contributed by atoms with Crippen LogP contribution in [0.4, 0.5) is 13.2 Å². The van der Waals surface area contributed by atoms with Crippen LogP contribution >= 0.6 is 23.2 Å². The first kappa shape index (κ1) is 23.1. The van der Waals surface area contributed by atoms with E-state index in [9.17, 15) is 18.0 Å². The van der Waals surface area contributed by atoms with Crippen molar-refractivity contribution in [3.05, 3.63) is 106 Å². The topological polar surface area (TPSA) is 60.9 Å². The van der Waals surface area contributed by atoms with E-state index in [1.165, 1.54) is 30.6 Å². The maximum atomic E-state index is 14.5. The molecule has 35 heavy (non-hydrogen) atoms. The zero-order valence-electron chi connectivity index (χ0n) is 17.7. The molecule has 5 nitrogen and oxygen atoms in total. The minimum absolute atomic E-state index is 0.0981. The Kier molecular flexibility index (Phi) is 5.86. The molecule has 0 radical (unpaired) electrons. The van der Waals surface area contributed by atoms with Crippen molar-refractivity contribution in [1.82, 2.24) is 14.5 Å². The number of halogens is 5. The molecule has 0 N–H and O–H groups in total. The first-order chi connectivity index (χ1) is 16.7. The van der Waals surface area contributed by atoms with Gasteiger partial charge in [-0.3, -0.25) is 9.78 Å². The maximum Gasteiger partial charge on any atom is 0.432 e. The van der Waals surface area contributed by atoms with Crippen molar-refractivity contribution in [2.75, 3.05) is 0 Å². The summed E-state index contributed by atoms with van der Waals surface area (Å²) in [4.78, 5) is 21.4. The third-order valence-electron chi connectivity index (χ3n) is 5.47. The average Bonchev–Trinajstić information content (AvgIpc) is 3.45. The standard InChI is InChI=1S/C25H14Cl2F3N3O2/c26-16-6-5-15(18(27)11-16)13-33-19-4-2-1-3-17(19)21(23(33)25(28,29)30)22(34)20-12-32-24(35-20)14-7-9-31-10-8-14/h1-12H,13H2. The summed E-state index contributed by atoms with van der Waals surface area (Å²) < 4.78 is 50.0. The Bertz CT molecular complexity index is 1560. The summed E-state index contributed by atoms with van der Waals surface area (Å²) >= 11 is 12.2. The van der Waals surface area contributed by atoms with Gasteiger partial charge in [-0.05, 0) is 35.9 Å². The van der Waals surface area contributed by atoms with Gasteiger partial charge < -0.3 is 8.98 Å². The summed E-state index contributed by atoms with van der Waals surface area (Å²) in [5, 5.41) is 0.712. The van der Waals surface area contributed by atoms with Gasteiger partial charge in [0.15, 0.2) is 5.76 Å². The molecule has 0 bridgehead atoms. The van der Waals surface area contributed by atoms with Gasteiger partial charge in [0.1, 0.15) is 5.69 Å². The van der Waals surface area contributed by atoms with E-state index in [1.807, 2.05) is 0 Å². The van der Waals surface area contributed by atoms with Crippen LogP contribution in [0.2, 0.25) is 10.0 Å². The number of carbonyl (C=O) groups is 1. The van der Waals surface area contributed by atoms with E-state index < -0.39 is 23.2 Å². The van der Waals surface area contributed by atoms with Crippen LogP contribution < -0.4 is 0 Å². The number of benzene rings is 2. The Morgan fingerprint density at radius 2 is 1.77 bits per heavy atom. The van der Waals surface area contributed by atoms with Crippen LogP contribution in [0.15, 0.2) is 77.6 Å². The Labute approximate surface area is 206 Å². The number of alkyl halides is 3. The number of hydrogen-bond acceptors (Lipinski definition) is 4. The molecule has 3 aromatic heterocycles. The van der Waals surface area contributed by atoms with Gasteiger partial charge in [-0.1, -0.05) is 47.5 Å². The fourth-order valence-electron chi connectivity index (χ4n) is 3.94. The molecule has 3 heterocycles. The number of ketones is 1. The fraction of sp³-hybridized carbons (Fsp3) is 0.0800. The molecule has 0 amide bonds. The van der Waals surface area contributed by atoms with E-state index in [4.69, 9.17) is 27.6 Å². The van der Waals surface area contributed by atoms with Crippen LogP contribution in [0.25, 0.3) is 22.4 Å². The second-order valence-electron chi connectivity index (χ2n) is 7.66. The number of pyridine rings is 1. The summed E-state index contributed by atoms with van der Waals surface area (Å²) in [6.45, 7) is -0.225. The predicted molar refractivity (Wildman–Crippen MR) is 126 cm³/mol. The van der Waals surface area contributed by atoms with Gasteiger partial charge in [-0.25, -0.2) is 4.98 Å². The summed E-state index contributed by atoms with van der Waals surface area (Å²) in [6.07, 6.45) is -0.701. The summed E-state index contributed by atoms with van der Waals surface area (Å²) in [7, 11) is 0. The number of para-hydroxylation sites is 1. The van der Waals surface area contributed by atoms with E-state index in [1.54, 1.807) is 36.4 Å². The van der Waals surface area contributed by atoms with E-state index in [0.717, 1.165) is 10.8 Å². The lowest BCUT2D eigenvalue weighted by molar-refractivity contribution is -0.143. The van der Waals surface area contributed by atoms with Gasteiger partial charge in [0.25, 0.3) is 0 Å². The molecule has 5 rings (SSSR count). The molecule has 2 aromatic carbocycles. The van der Waals surface area contributed by atoms with Crippen LogP contribution in [0.5, 0.6) is 0 Å². The van der Waals surface area contributed by atoms with Crippen LogP contribution in [0, 0.1) is 0 Å². The third kappa shape index (κ3) is 4.31. The molecule has 0 spiro atoms. The second-order valence-corrected chi connectivity index (χ2v) is 8.50. The Morgan fingerprint density at radius 1 is 1.03 bits per heavy atom. The van der Waals surface area contributed by atoms with E-state index in [2.05, 4.69) is 9.97 Å². The minimum Gasteiger partial charge on any atom is -0.433 e. The quantitative estimate of drug-likeness (QED) is 0.230. The summed E-state index contributed by atoms with van der Waals surface area (Å²) in [5.74, 6) is -1.14. The van der Waals surface area contributed by atoms with Crippen molar-refractivity contribution in [3.63, 3.8) is 0 Å². The minimum atomic E-state index is -4.85. The number of oxazole rings is 1. The molecule has 0 saturated heterocycles. The number of fused-ring (bicyclic) bond motifs is 1. The molecular weight excluding hydrogens is 502 g/mol. The highest BCUT2D eigenvalue weighted by Gasteiger charge is 2.42. The molecular formula is C25H14Cl2F3N3O2. The van der Waals surface area contributed by atoms with Crippen LogP contribution in [-0.4, -0.2) is 20.3 Å². The molecule has 0 aliphatic carbocycles. The van der Waals surface area contributed by atoms with Gasteiger partial charge in [-0.2, -0.15) is 13.2 Å². The van der Waals surface area contributed by atoms with E-state index in [-0.39, 0.29) is 34.1 Å². The maximum absolute atomic E-state index is 14.5. The van der Waals surface area contributed by atoms with Crippen molar-refractivity contribution in [2.45, 2.75) is 12.7 Å². The number of aromatic nitrogens is 3. The van der Waals surface area contributed by atoms with Gasteiger partial charge in [0.2, 0.25) is 11.7 Å². The molecule has 0 fully saturated rings. The lowest BCUT2D eigenvalue weighted by Gasteiger charge is -2.15. The van der Waals surface area contributed by atoms with Crippen molar-refractivity contribution < 1.29 is 22.4 Å². The number of hydrogen-bond donors (Lipinski definition) is 0. The van der Waals surface area contributed by atoms with Crippen molar-refractivity contribution >= 4 is 39.9 Å². The Hall–Kier alpha value is -3.62. The number of nitrogens with zero attached hydrogens (tertiary/aromatic N) is 3. The van der Waals surface area contributed by atoms with Gasteiger partial charge in [0.05, 0.1) is 11.8 Å². The first-order valence-electron chi connectivity index (χ1n) is 10.3. The van der Waals surface area contributed by atoms with E-state index >= 15 is 0 Å². The average molecular weight is 516 g/mol. The lowest BCUT2D eigenvalue weighted by atomic mass is 10.0. The molecule has 0 saturated carbocycles. The molecule has 0 unspecified atom stereocenters. The van der Waals surface area contributed by atoms with Crippen LogP contribution in [0.3, 0.4) is 0 Å². The number of rotatable bonds is 5. The molecule has 0 atom stereocenters. The molecule has 10 heteroatoms. The zero-order chi connectivity index (χ0) is 24.7. The molecule has 0 aliphatic rings. The predicted octanol–water partition coefficient (Wildman–Crippen LogP) is 7.30. The molecule has 0 aliphatic heterocycles. The summed E-state index contributed by atoms with van der Waals surface area (Å²) in [5.41, 5.74) is -0.439. The SMILES string of the molecule is O=C(c1cnc(-c2ccncc2)o1)c1c(C(F)(F)F)n(Cc2ccc(Cl)cc2Cl)c2ccccc12. The van der Waals surface area contributed by atoms with Crippen LogP contribution in [-0.2, 0) is 12.7 Å². The highest BCUT2D eigenvalue weighted by Crippen LogP contribution is 2.40. The largest absolute Gasteiger partial charge is 0.433 e. The Balaban J connectivity index is 1.68. The normalized spacial score (nSPS) is 11.8. The lowest BCUT2D eigenvalue weighted by Crippen LogP contribution is -2.18. The third-order valence-corrected chi connectivity index (χ3v) is 6.05. The Morgan fingerprint density at radius 3 is 2.49 bits per heavy atom. The summed E-state index contributed by atoms with van der Waals surface area (Å²) in [6, 6.07) is 14.0. The van der Waals surface area contributed by atoms with Crippen LogP contribution in [0.1, 0.15) is 27.4 Å². The first-order valence-corrected chi connectivity index (χ1v) is 11.0. The molecule has 5 aromatic rings. The smallest absolute Gasteiger partial charge is 0.432 e. The highest BCUT2D eigenvalue weighted by atomic mass is 35.5. The monoisotopic (exact) mass is 515 g/mol. The highest BCUT2D eigenvalue weighted by molar-refractivity contribution is 6.35. The molecule has 176 valence electrons. The van der Waals surface area contributed by atoms with Crippen molar-refractivity contribution in [1.29, 1.82) is 0 Å². The zero-order valence-corrected chi connectivity index (χ0v) is 19.2. The fourth-order valence-corrected chi connectivity index (χ4v) is 4.41. The van der Waals surface area contributed by atoms with Gasteiger partial charge in [0, 0.05) is 45.5 Å². The van der Waals surface area contributed by atoms with Crippen molar-refractivity contribution in [3.8, 4) is 11.5 Å². The van der Waals surface area contributed by atoms with E-state index in [0.29, 0.717) is 16.1 Å². The number of carbonyl (C=O) groups excluding carboxylic acids is 1. The van der Waals surface area contributed by atoms with Gasteiger partial charge in [-0.15, -0.1) is 0 Å². The van der Waals surface area contributed by atoms with Crippen molar-refractivity contribution in [2.24, 2.45) is 0 Å².